The van der Waals surface area contributed by atoms with E-state index < -0.39 is 0 Å². The summed E-state index contributed by atoms with van der Waals surface area (Å²) in [4.78, 5) is 14.0. The minimum absolute atomic E-state index is 0.243. The van der Waals surface area contributed by atoms with Crippen molar-refractivity contribution in [1.29, 1.82) is 0 Å². The zero-order valence-electron chi connectivity index (χ0n) is 11.8. The number of fused-ring (bicyclic) bond motifs is 1. The van der Waals surface area contributed by atoms with E-state index >= 15 is 0 Å². The molecule has 1 heterocycles. The van der Waals surface area contributed by atoms with Gasteiger partial charge in [0.15, 0.2) is 0 Å². The number of benzene rings is 1. The number of amides is 1. The highest BCUT2D eigenvalue weighted by Crippen LogP contribution is 2.30. The number of carbonyl (C=O) groups excluding carboxylic acids is 1. The van der Waals surface area contributed by atoms with E-state index in [1.807, 2.05) is 4.90 Å². The van der Waals surface area contributed by atoms with Crippen LogP contribution >= 0.6 is 0 Å². The molecule has 1 fully saturated rings. The van der Waals surface area contributed by atoms with Gasteiger partial charge in [0, 0.05) is 32.1 Å². The van der Waals surface area contributed by atoms with Crippen molar-refractivity contribution in [1.82, 2.24) is 10.2 Å². The van der Waals surface area contributed by atoms with E-state index in [0.29, 0.717) is 25.7 Å². The Labute approximate surface area is 120 Å². The molecule has 1 aromatic rings. The molecule has 1 atom stereocenters. The molecule has 2 aliphatic rings. The van der Waals surface area contributed by atoms with Crippen molar-refractivity contribution < 1.29 is 9.53 Å². The number of carbonyl (C=O) groups is 1. The van der Waals surface area contributed by atoms with Crippen LogP contribution in [-0.4, -0.2) is 43.7 Å². The summed E-state index contributed by atoms with van der Waals surface area (Å²) < 4.78 is 5.27. The van der Waals surface area contributed by atoms with Crippen LogP contribution in [0.5, 0.6) is 0 Å². The molecule has 4 heteroatoms. The average Bonchev–Trinajstić information content (AvgIpc) is 2.92. The zero-order valence-corrected chi connectivity index (χ0v) is 11.8. The molecule has 1 amide bonds. The lowest BCUT2D eigenvalue weighted by Crippen LogP contribution is -2.41. The minimum Gasteiger partial charge on any atom is -0.378 e. The predicted octanol–water partition coefficient (Wildman–Crippen LogP) is 1.51. The molecule has 0 aromatic heterocycles. The van der Waals surface area contributed by atoms with Crippen LogP contribution in [-0.2, 0) is 16.0 Å². The lowest BCUT2D eigenvalue weighted by atomic mass is 10.1. The van der Waals surface area contributed by atoms with Crippen molar-refractivity contribution in [2.45, 2.75) is 25.3 Å². The van der Waals surface area contributed by atoms with Crippen LogP contribution in [0.15, 0.2) is 24.3 Å². The Hall–Kier alpha value is -1.39. The van der Waals surface area contributed by atoms with Gasteiger partial charge in [0.1, 0.15) is 0 Å². The minimum atomic E-state index is 0.243. The Morgan fingerprint density at radius 2 is 2.10 bits per heavy atom. The molecule has 1 aromatic carbocycles. The number of nitrogens with zero attached hydrogens (tertiary/aromatic N) is 1. The standard InChI is InChI=1S/C16H22N2O2/c19-16(18-9-11-20-12-10-18)7-8-17-15-6-5-13-3-1-2-4-14(13)15/h1-4,15,17H,5-12H2. The third-order valence-corrected chi connectivity index (χ3v) is 4.23. The van der Waals surface area contributed by atoms with Crippen LogP contribution in [0.3, 0.4) is 0 Å². The molecule has 4 nitrogen and oxygen atoms in total. The first-order valence-electron chi connectivity index (χ1n) is 7.51. The fraction of sp³-hybridized carbons (Fsp3) is 0.562. The molecule has 0 saturated carbocycles. The van der Waals surface area contributed by atoms with Crippen LogP contribution in [0.1, 0.15) is 30.0 Å². The number of morpholine rings is 1. The maximum absolute atomic E-state index is 12.0. The third kappa shape index (κ3) is 3.02. The van der Waals surface area contributed by atoms with E-state index in [4.69, 9.17) is 4.74 Å². The first kappa shape index (κ1) is 13.6. The quantitative estimate of drug-likeness (QED) is 0.905. The smallest absolute Gasteiger partial charge is 0.224 e. The summed E-state index contributed by atoms with van der Waals surface area (Å²) >= 11 is 0. The molecule has 20 heavy (non-hydrogen) atoms. The molecule has 1 N–H and O–H groups in total. The summed E-state index contributed by atoms with van der Waals surface area (Å²) in [7, 11) is 0. The fourth-order valence-electron chi connectivity index (χ4n) is 3.09. The second-order valence-electron chi connectivity index (χ2n) is 5.49. The summed E-state index contributed by atoms with van der Waals surface area (Å²) in [5.74, 6) is 0.243. The second kappa shape index (κ2) is 6.37. The first-order valence-corrected chi connectivity index (χ1v) is 7.51. The number of ether oxygens (including phenoxy) is 1. The highest BCUT2D eigenvalue weighted by molar-refractivity contribution is 5.76. The predicted molar refractivity (Wildman–Crippen MR) is 77.5 cm³/mol. The molecule has 0 bridgehead atoms. The monoisotopic (exact) mass is 274 g/mol. The molecule has 1 saturated heterocycles. The van der Waals surface area contributed by atoms with Gasteiger partial charge in [0.25, 0.3) is 0 Å². The van der Waals surface area contributed by atoms with Gasteiger partial charge in [-0.25, -0.2) is 0 Å². The number of aryl methyl sites for hydroxylation is 1. The van der Waals surface area contributed by atoms with Gasteiger partial charge >= 0.3 is 0 Å². The number of nitrogens with one attached hydrogen (secondary N) is 1. The Morgan fingerprint density at radius 3 is 2.95 bits per heavy atom. The van der Waals surface area contributed by atoms with Crippen molar-refractivity contribution in [3.8, 4) is 0 Å². The molecule has 1 unspecified atom stereocenters. The first-order chi connectivity index (χ1) is 9.84. The van der Waals surface area contributed by atoms with Gasteiger partial charge < -0.3 is 15.0 Å². The molecule has 1 aliphatic heterocycles. The molecular formula is C16H22N2O2. The van der Waals surface area contributed by atoms with Gasteiger partial charge in [0.05, 0.1) is 13.2 Å². The van der Waals surface area contributed by atoms with Crippen LogP contribution in [0.2, 0.25) is 0 Å². The summed E-state index contributed by atoms with van der Waals surface area (Å²) in [6.07, 6.45) is 2.87. The van der Waals surface area contributed by atoms with E-state index in [0.717, 1.165) is 32.5 Å². The van der Waals surface area contributed by atoms with E-state index in [1.54, 1.807) is 0 Å². The van der Waals surface area contributed by atoms with E-state index in [2.05, 4.69) is 29.6 Å². The Bertz CT molecular complexity index is 469. The fourth-order valence-corrected chi connectivity index (χ4v) is 3.09. The molecular weight excluding hydrogens is 252 g/mol. The van der Waals surface area contributed by atoms with Gasteiger partial charge in [-0.2, -0.15) is 0 Å². The Balaban J connectivity index is 1.45. The van der Waals surface area contributed by atoms with Crippen molar-refractivity contribution >= 4 is 5.91 Å². The molecule has 0 radical (unpaired) electrons. The van der Waals surface area contributed by atoms with Gasteiger partial charge in [-0.05, 0) is 24.0 Å². The molecule has 3 rings (SSSR count). The molecule has 108 valence electrons. The van der Waals surface area contributed by atoms with Crippen LogP contribution in [0.4, 0.5) is 0 Å². The number of hydrogen-bond donors (Lipinski definition) is 1. The molecule has 0 spiro atoms. The summed E-state index contributed by atoms with van der Waals surface area (Å²) in [5.41, 5.74) is 2.86. The van der Waals surface area contributed by atoms with E-state index in [1.165, 1.54) is 11.1 Å². The topological polar surface area (TPSA) is 41.6 Å². The maximum atomic E-state index is 12.0. The van der Waals surface area contributed by atoms with Crippen LogP contribution in [0.25, 0.3) is 0 Å². The largest absolute Gasteiger partial charge is 0.378 e. The normalized spacial score (nSPS) is 21.8. The summed E-state index contributed by atoms with van der Waals surface area (Å²) in [5, 5.41) is 3.53. The SMILES string of the molecule is O=C(CCNC1CCc2ccccc21)N1CCOCC1. The van der Waals surface area contributed by atoms with Crippen LogP contribution in [0, 0.1) is 0 Å². The van der Waals surface area contributed by atoms with Gasteiger partial charge in [-0.15, -0.1) is 0 Å². The average molecular weight is 274 g/mol. The second-order valence-corrected chi connectivity index (χ2v) is 5.49. The zero-order chi connectivity index (χ0) is 13.8. The lowest BCUT2D eigenvalue weighted by molar-refractivity contribution is -0.135. The summed E-state index contributed by atoms with van der Waals surface area (Å²) in [6.45, 7) is 3.59. The molecule has 1 aliphatic carbocycles. The van der Waals surface area contributed by atoms with Gasteiger partial charge in [-0.3, -0.25) is 4.79 Å². The highest BCUT2D eigenvalue weighted by atomic mass is 16.5. The van der Waals surface area contributed by atoms with Crippen molar-refractivity contribution in [3.05, 3.63) is 35.4 Å². The van der Waals surface area contributed by atoms with Gasteiger partial charge in [0.2, 0.25) is 5.91 Å². The Kier molecular flexibility index (Phi) is 4.33. The summed E-state index contributed by atoms with van der Waals surface area (Å²) in [6, 6.07) is 9.02. The van der Waals surface area contributed by atoms with Crippen molar-refractivity contribution in [2.24, 2.45) is 0 Å². The van der Waals surface area contributed by atoms with E-state index in [-0.39, 0.29) is 5.91 Å². The van der Waals surface area contributed by atoms with E-state index in [9.17, 15) is 4.79 Å². The third-order valence-electron chi connectivity index (χ3n) is 4.23. The lowest BCUT2D eigenvalue weighted by Gasteiger charge is -2.27. The van der Waals surface area contributed by atoms with Crippen molar-refractivity contribution in [2.75, 3.05) is 32.8 Å². The van der Waals surface area contributed by atoms with Gasteiger partial charge in [-0.1, -0.05) is 24.3 Å². The highest BCUT2D eigenvalue weighted by Gasteiger charge is 2.22. The van der Waals surface area contributed by atoms with Crippen LogP contribution < -0.4 is 5.32 Å². The number of hydrogen-bond acceptors (Lipinski definition) is 3. The Morgan fingerprint density at radius 1 is 1.30 bits per heavy atom. The maximum Gasteiger partial charge on any atom is 0.224 e. The number of rotatable bonds is 4. The van der Waals surface area contributed by atoms with Crippen molar-refractivity contribution in [3.63, 3.8) is 0 Å².